The van der Waals surface area contributed by atoms with Crippen molar-refractivity contribution < 1.29 is 4.39 Å². The summed E-state index contributed by atoms with van der Waals surface area (Å²) < 4.78 is 13.2. The van der Waals surface area contributed by atoms with Crippen LogP contribution in [0.15, 0.2) is 24.4 Å². The van der Waals surface area contributed by atoms with Crippen LogP contribution >= 0.6 is 22.9 Å². The largest absolute Gasteiger partial charge is 0.379 e. The van der Waals surface area contributed by atoms with Crippen LogP contribution in [0.3, 0.4) is 0 Å². The second-order valence-corrected chi connectivity index (χ2v) is 5.76. The summed E-state index contributed by atoms with van der Waals surface area (Å²) in [4.78, 5) is 7.70. The van der Waals surface area contributed by atoms with E-state index in [2.05, 4.69) is 29.0 Å². The number of thiazole rings is 1. The van der Waals surface area contributed by atoms with Gasteiger partial charge in [0.25, 0.3) is 0 Å². The summed E-state index contributed by atoms with van der Waals surface area (Å²) in [6.45, 7) is 6.67. The molecule has 0 spiro atoms. The molecule has 0 aliphatic rings. The summed E-state index contributed by atoms with van der Waals surface area (Å²) in [6.07, 6.45) is 1.85. The molecule has 0 unspecified atom stereocenters. The summed E-state index contributed by atoms with van der Waals surface area (Å²) in [5.41, 5.74) is 0.601. The maximum Gasteiger partial charge on any atom is 0.185 e. The fourth-order valence-electron chi connectivity index (χ4n) is 1.83. The smallest absolute Gasteiger partial charge is 0.185 e. The van der Waals surface area contributed by atoms with Crippen molar-refractivity contribution in [2.24, 2.45) is 0 Å². The van der Waals surface area contributed by atoms with Gasteiger partial charge in [-0.25, -0.2) is 9.37 Å². The predicted molar refractivity (Wildman–Crippen MR) is 84.4 cm³/mol. The highest BCUT2D eigenvalue weighted by atomic mass is 35.5. The third kappa shape index (κ3) is 3.61. The van der Waals surface area contributed by atoms with Crippen molar-refractivity contribution in [1.82, 2.24) is 4.98 Å². The van der Waals surface area contributed by atoms with Gasteiger partial charge in [-0.15, -0.1) is 11.3 Å². The van der Waals surface area contributed by atoms with Crippen molar-refractivity contribution in [2.45, 2.75) is 20.4 Å². The lowest BCUT2D eigenvalue weighted by Crippen LogP contribution is -2.21. The highest BCUT2D eigenvalue weighted by Gasteiger charge is 2.08. The topological polar surface area (TPSA) is 28.2 Å². The van der Waals surface area contributed by atoms with Gasteiger partial charge < -0.3 is 10.2 Å². The zero-order chi connectivity index (χ0) is 14.5. The molecular formula is C14H17ClFN3S. The van der Waals surface area contributed by atoms with E-state index in [0.717, 1.165) is 23.1 Å². The van der Waals surface area contributed by atoms with Crippen molar-refractivity contribution >= 4 is 33.8 Å². The Kier molecular flexibility index (Phi) is 5.20. The van der Waals surface area contributed by atoms with Crippen molar-refractivity contribution in [2.75, 3.05) is 23.3 Å². The molecule has 0 saturated carbocycles. The Bertz CT molecular complexity index is 569. The third-order valence-corrected chi connectivity index (χ3v) is 4.34. The van der Waals surface area contributed by atoms with E-state index in [9.17, 15) is 4.39 Å². The van der Waals surface area contributed by atoms with Gasteiger partial charge in [-0.1, -0.05) is 11.6 Å². The SMILES string of the molecule is CCN(CC)c1ncc(CNc2cc(F)ccc2Cl)s1. The fraction of sp³-hybridized carbons (Fsp3) is 0.357. The van der Waals surface area contributed by atoms with E-state index in [1.165, 1.54) is 12.1 Å². The number of halogens is 2. The van der Waals surface area contributed by atoms with Gasteiger partial charge in [-0.2, -0.15) is 0 Å². The Morgan fingerprint density at radius 2 is 2.10 bits per heavy atom. The first kappa shape index (κ1) is 15.1. The summed E-state index contributed by atoms with van der Waals surface area (Å²) in [5.74, 6) is -0.301. The maximum atomic E-state index is 13.2. The highest BCUT2D eigenvalue weighted by Crippen LogP contribution is 2.26. The Morgan fingerprint density at radius 3 is 2.80 bits per heavy atom. The van der Waals surface area contributed by atoms with Crippen molar-refractivity contribution in [3.8, 4) is 0 Å². The Balaban J connectivity index is 2.02. The van der Waals surface area contributed by atoms with Crippen molar-refractivity contribution in [1.29, 1.82) is 0 Å². The first-order valence-electron chi connectivity index (χ1n) is 6.52. The average Bonchev–Trinajstić information content (AvgIpc) is 2.90. The second-order valence-electron chi connectivity index (χ2n) is 4.26. The highest BCUT2D eigenvalue weighted by molar-refractivity contribution is 7.15. The number of hydrogen-bond donors (Lipinski definition) is 1. The number of nitrogens with zero attached hydrogens (tertiary/aromatic N) is 2. The lowest BCUT2D eigenvalue weighted by molar-refractivity contribution is 0.628. The molecule has 1 N–H and O–H groups in total. The lowest BCUT2D eigenvalue weighted by atomic mass is 10.3. The van der Waals surface area contributed by atoms with E-state index in [-0.39, 0.29) is 5.82 Å². The Hall–Kier alpha value is -1.33. The van der Waals surface area contributed by atoms with Crippen molar-refractivity contribution in [3.05, 3.63) is 40.1 Å². The number of aromatic nitrogens is 1. The Morgan fingerprint density at radius 1 is 1.35 bits per heavy atom. The second kappa shape index (κ2) is 6.90. The molecule has 20 heavy (non-hydrogen) atoms. The molecule has 6 heteroatoms. The van der Waals surface area contributed by atoms with Gasteiger partial charge in [-0.05, 0) is 32.0 Å². The molecule has 0 amide bonds. The van der Waals surface area contributed by atoms with E-state index >= 15 is 0 Å². The molecule has 0 saturated heterocycles. The first-order valence-corrected chi connectivity index (χ1v) is 7.72. The maximum absolute atomic E-state index is 13.2. The molecule has 108 valence electrons. The number of rotatable bonds is 6. The minimum absolute atomic E-state index is 0.301. The lowest BCUT2D eigenvalue weighted by Gasteiger charge is -2.16. The van der Waals surface area contributed by atoms with Crippen LogP contribution in [-0.4, -0.2) is 18.1 Å². The molecular weight excluding hydrogens is 297 g/mol. The first-order chi connectivity index (χ1) is 9.63. The zero-order valence-corrected chi connectivity index (χ0v) is 13.1. The molecule has 0 aliphatic carbocycles. The quantitative estimate of drug-likeness (QED) is 0.857. The molecule has 1 aromatic carbocycles. The zero-order valence-electron chi connectivity index (χ0n) is 11.5. The van der Waals surface area contributed by atoms with E-state index in [1.54, 1.807) is 17.4 Å². The van der Waals surface area contributed by atoms with Gasteiger partial charge in [0.2, 0.25) is 0 Å². The summed E-state index contributed by atoms with van der Waals surface area (Å²) in [7, 11) is 0. The summed E-state index contributed by atoms with van der Waals surface area (Å²) in [5, 5.41) is 4.66. The molecule has 2 aromatic rings. The van der Waals surface area contributed by atoms with Crippen LogP contribution in [0.5, 0.6) is 0 Å². The average molecular weight is 314 g/mol. The standard InChI is InChI=1S/C14H17ClFN3S/c1-3-19(4-2)14-18-9-11(20-14)8-17-13-7-10(16)5-6-12(13)15/h5-7,9,17H,3-4,8H2,1-2H3. The molecule has 1 heterocycles. The van der Waals surface area contributed by atoms with Crippen LogP contribution in [0.25, 0.3) is 0 Å². The van der Waals surface area contributed by atoms with Gasteiger partial charge in [-0.3, -0.25) is 0 Å². The molecule has 0 bridgehead atoms. The molecule has 2 rings (SSSR count). The summed E-state index contributed by atoms with van der Waals surface area (Å²) >= 11 is 7.65. The molecule has 0 aliphatic heterocycles. The number of hydrogen-bond acceptors (Lipinski definition) is 4. The van der Waals surface area contributed by atoms with Crippen LogP contribution in [0.2, 0.25) is 5.02 Å². The predicted octanol–water partition coefficient (Wildman–Crippen LogP) is 4.39. The molecule has 0 radical (unpaired) electrons. The van der Waals surface area contributed by atoms with Crippen LogP contribution in [0, 0.1) is 5.82 Å². The monoisotopic (exact) mass is 313 g/mol. The van der Waals surface area contributed by atoms with Crippen molar-refractivity contribution in [3.63, 3.8) is 0 Å². The number of anilines is 2. The van der Waals surface area contributed by atoms with Gasteiger partial charge in [0, 0.05) is 24.2 Å². The van der Waals surface area contributed by atoms with Crippen LogP contribution in [0.4, 0.5) is 15.2 Å². The number of nitrogens with one attached hydrogen (secondary N) is 1. The van der Waals surface area contributed by atoms with Gasteiger partial charge >= 0.3 is 0 Å². The van der Waals surface area contributed by atoms with Gasteiger partial charge in [0.15, 0.2) is 5.13 Å². The fourth-order valence-corrected chi connectivity index (χ4v) is 3.00. The van der Waals surface area contributed by atoms with E-state index in [0.29, 0.717) is 17.3 Å². The van der Waals surface area contributed by atoms with E-state index in [4.69, 9.17) is 11.6 Å². The summed E-state index contributed by atoms with van der Waals surface area (Å²) in [6, 6.07) is 4.29. The number of benzene rings is 1. The molecule has 0 fully saturated rings. The van der Waals surface area contributed by atoms with Crippen LogP contribution < -0.4 is 10.2 Å². The third-order valence-electron chi connectivity index (χ3n) is 2.96. The molecule has 0 atom stereocenters. The van der Waals surface area contributed by atoms with Gasteiger partial charge in [0.1, 0.15) is 5.82 Å². The molecule has 1 aromatic heterocycles. The van der Waals surface area contributed by atoms with Crippen LogP contribution in [0.1, 0.15) is 18.7 Å². The van der Waals surface area contributed by atoms with E-state index in [1.807, 2.05) is 6.20 Å². The van der Waals surface area contributed by atoms with Gasteiger partial charge in [0.05, 0.1) is 17.3 Å². The molecule has 3 nitrogen and oxygen atoms in total. The minimum Gasteiger partial charge on any atom is -0.379 e. The van der Waals surface area contributed by atoms with Crippen LogP contribution in [-0.2, 0) is 6.54 Å². The normalized spacial score (nSPS) is 10.6. The minimum atomic E-state index is -0.301. The van der Waals surface area contributed by atoms with E-state index < -0.39 is 0 Å². The Labute approximate surface area is 127 Å².